The average Bonchev–Trinajstić information content (AvgIpc) is 3.67. The van der Waals surface area contributed by atoms with Gasteiger partial charge in [0.2, 0.25) is 5.88 Å². The van der Waals surface area contributed by atoms with E-state index in [0.717, 1.165) is 19.0 Å². The van der Waals surface area contributed by atoms with E-state index in [1.165, 1.54) is 31.2 Å². The number of hydrogen-bond acceptors (Lipinski definition) is 8. The second kappa shape index (κ2) is 9.68. The quantitative estimate of drug-likeness (QED) is 0.329. The molecule has 1 fully saturated rings. The molecule has 3 aromatic heterocycles. The second-order valence-corrected chi connectivity index (χ2v) is 8.43. The van der Waals surface area contributed by atoms with Crippen molar-refractivity contribution in [1.29, 1.82) is 0 Å². The number of aromatic nitrogens is 6. The summed E-state index contributed by atoms with van der Waals surface area (Å²) in [5, 5.41) is 0. The highest BCUT2D eigenvalue weighted by Crippen LogP contribution is 2.45. The topological polar surface area (TPSA) is 97.1 Å². The summed E-state index contributed by atoms with van der Waals surface area (Å²) in [5.74, 6) is 0.553. The molecule has 37 heavy (non-hydrogen) atoms. The van der Waals surface area contributed by atoms with Gasteiger partial charge in [0.15, 0.2) is 17.3 Å². The Hall–Kier alpha value is -4.22. The van der Waals surface area contributed by atoms with Gasteiger partial charge in [-0.3, -0.25) is 0 Å². The molecule has 3 heterocycles. The van der Waals surface area contributed by atoms with Gasteiger partial charge in [-0.05, 0) is 18.4 Å². The van der Waals surface area contributed by atoms with E-state index in [0.29, 0.717) is 16.8 Å². The number of halogens is 3. The highest BCUT2D eigenvalue weighted by molar-refractivity contribution is 5.66. The van der Waals surface area contributed by atoms with E-state index in [9.17, 15) is 13.2 Å². The summed E-state index contributed by atoms with van der Waals surface area (Å²) in [6.07, 6.45) is 0.794. The molecule has 1 aliphatic rings. The van der Waals surface area contributed by atoms with Crippen LogP contribution in [0.2, 0.25) is 0 Å². The van der Waals surface area contributed by atoms with Gasteiger partial charge in [-0.2, -0.15) is 18.2 Å². The number of methoxy groups -OCH3 is 2. The summed E-state index contributed by atoms with van der Waals surface area (Å²) in [6, 6.07) is 6.69. The first-order chi connectivity index (χ1) is 18.9. The Morgan fingerprint density at radius 3 is 2.49 bits per heavy atom. The van der Waals surface area contributed by atoms with Crippen molar-refractivity contribution >= 4 is 0 Å². The Balaban J connectivity index is 1.40. The zero-order valence-corrected chi connectivity index (χ0v) is 19.8. The number of benzene rings is 1. The van der Waals surface area contributed by atoms with Crippen LogP contribution in [0.1, 0.15) is 39.8 Å². The van der Waals surface area contributed by atoms with Crippen molar-refractivity contribution in [3.8, 4) is 40.3 Å². The minimum Gasteiger partial charge on any atom is -0.490 e. The molecule has 192 valence electrons. The lowest BCUT2D eigenvalue weighted by Gasteiger charge is -2.14. The smallest absolute Gasteiger partial charge is 0.434 e. The number of aryl methyl sites for hydroxylation is 1. The lowest BCUT2D eigenvalue weighted by atomic mass is 10.1. The van der Waals surface area contributed by atoms with Gasteiger partial charge in [-0.25, -0.2) is 19.9 Å². The fourth-order valence-electron chi connectivity index (χ4n) is 3.83. The summed E-state index contributed by atoms with van der Waals surface area (Å²) in [6.45, 7) is 0.0425. The standard InChI is InChI=1S/C25H23F3N6O3/c1-34-11-18(25(26,27)28)32-22(34)16-6-4-14(5-7-16)12-37-23-17(35-2)10-29-21(33-23)19-20(15-8-9-15)30-13-31-24(19)36-3/h4-7,10-11,13,15H,8-9,12H2,1-3H3/i3D3. The van der Waals surface area contributed by atoms with Gasteiger partial charge in [0.25, 0.3) is 5.88 Å². The molecule has 5 rings (SSSR count). The Bertz CT molecular complexity index is 1520. The Morgan fingerprint density at radius 1 is 1.05 bits per heavy atom. The van der Waals surface area contributed by atoms with Crippen LogP contribution in [0.5, 0.6) is 17.5 Å². The number of imidazole rings is 1. The van der Waals surface area contributed by atoms with Crippen molar-refractivity contribution in [3.63, 3.8) is 0 Å². The van der Waals surface area contributed by atoms with Crippen LogP contribution in [0.25, 0.3) is 22.8 Å². The number of rotatable bonds is 8. The summed E-state index contributed by atoms with van der Waals surface area (Å²) in [7, 11) is 0.173. The monoisotopic (exact) mass is 515 g/mol. The van der Waals surface area contributed by atoms with Crippen LogP contribution in [0.4, 0.5) is 13.2 Å². The van der Waals surface area contributed by atoms with Crippen molar-refractivity contribution in [1.82, 2.24) is 29.5 Å². The van der Waals surface area contributed by atoms with E-state index in [4.69, 9.17) is 18.3 Å². The SMILES string of the molecule is [2H]C([2H])([2H])Oc1ncnc(C2CC2)c1-c1ncc(OC)c(OCc2ccc(-c3nc(C(F)(F)F)cn3C)cc2)n1. The average molecular weight is 516 g/mol. The predicted molar refractivity (Wildman–Crippen MR) is 126 cm³/mol. The summed E-state index contributed by atoms with van der Waals surface area (Å²) in [4.78, 5) is 20.8. The minimum atomic E-state index is -4.54. The van der Waals surface area contributed by atoms with Crippen LogP contribution in [0, 0.1) is 0 Å². The number of nitrogens with zero attached hydrogens (tertiary/aromatic N) is 6. The fraction of sp³-hybridized carbons (Fsp3) is 0.320. The highest BCUT2D eigenvalue weighted by Gasteiger charge is 2.34. The highest BCUT2D eigenvalue weighted by atomic mass is 19.4. The fourth-order valence-corrected chi connectivity index (χ4v) is 3.83. The molecule has 9 nitrogen and oxygen atoms in total. The van der Waals surface area contributed by atoms with Crippen LogP contribution in [0.3, 0.4) is 0 Å². The predicted octanol–water partition coefficient (Wildman–Crippen LogP) is 4.83. The summed E-state index contributed by atoms with van der Waals surface area (Å²) in [5.41, 5.74) is 1.09. The van der Waals surface area contributed by atoms with Gasteiger partial charge in [0.1, 0.15) is 24.3 Å². The molecule has 1 aliphatic carbocycles. The molecule has 4 aromatic rings. The molecule has 0 saturated heterocycles. The van der Waals surface area contributed by atoms with Crippen molar-refractivity contribution in [3.05, 3.63) is 59.9 Å². The molecule has 0 amide bonds. The second-order valence-electron chi connectivity index (χ2n) is 8.43. The van der Waals surface area contributed by atoms with Gasteiger partial charge in [-0.15, -0.1) is 0 Å². The van der Waals surface area contributed by atoms with E-state index >= 15 is 0 Å². The molecule has 0 radical (unpaired) electrons. The van der Waals surface area contributed by atoms with Gasteiger partial charge in [-0.1, -0.05) is 24.3 Å². The normalized spacial score (nSPS) is 15.0. The molecule has 0 spiro atoms. The number of alkyl halides is 3. The molecule has 0 unspecified atom stereocenters. The van der Waals surface area contributed by atoms with E-state index in [1.807, 2.05) is 0 Å². The molecule has 1 aromatic carbocycles. The van der Waals surface area contributed by atoms with Crippen molar-refractivity contribution < 1.29 is 31.5 Å². The van der Waals surface area contributed by atoms with Crippen LogP contribution in [-0.4, -0.2) is 43.6 Å². The first-order valence-electron chi connectivity index (χ1n) is 12.7. The maximum Gasteiger partial charge on any atom is 0.434 e. The number of hydrogen-bond donors (Lipinski definition) is 0. The molecule has 0 bridgehead atoms. The third kappa shape index (κ3) is 5.04. The molecular formula is C25H23F3N6O3. The van der Waals surface area contributed by atoms with E-state index in [-0.39, 0.29) is 47.2 Å². The van der Waals surface area contributed by atoms with Crippen molar-refractivity contribution in [2.24, 2.45) is 7.05 Å². The summed E-state index contributed by atoms with van der Waals surface area (Å²) >= 11 is 0. The largest absolute Gasteiger partial charge is 0.490 e. The first-order valence-corrected chi connectivity index (χ1v) is 11.2. The van der Waals surface area contributed by atoms with Crippen LogP contribution >= 0.6 is 0 Å². The molecular weight excluding hydrogens is 489 g/mol. The third-order valence-corrected chi connectivity index (χ3v) is 5.82. The Labute approximate surface area is 214 Å². The van der Waals surface area contributed by atoms with E-state index in [1.54, 1.807) is 24.3 Å². The third-order valence-electron chi connectivity index (χ3n) is 5.82. The minimum absolute atomic E-state index is 0.0425. The van der Waals surface area contributed by atoms with Crippen LogP contribution in [0.15, 0.2) is 43.0 Å². The van der Waals surface area contributed by atoms with Gasteiger partial charge in [0, 0.05) is 24.7 Å². The lowest BCUT2D eigenvalue weighted by molar-refractivity contribution is -0.140. The van der Waals surface area contributed by atoms with Gasteiger partial charge >= 0.3 is 6.18 Å². The maximum atomic E-state index is 13.0. The maximum absolute atomic E-state index is 13.0. The molecule has 0 N–H and O–H groups in total. The molecule has 0 atom stereocenters. The van der Waals surface area contributed by atoms with Crippen LogP contribution < -0.4 is 14.2 Å². The molecule has 12 heteroatoms. The molecule has 0 aliphatic heterocycles. The van der Waals surface area contributed by atoms with Gasteiger partial charge < -0.3 is 18.8 Å². The van der Waals surface area contributed by atoms with E-state index in [2.05, 4.69) is 24.9 Å². The van der Waals surface area contributed by atoms with Crippen LogP contribution in [-0.2, 0) is 19.8 Å². The molecule has 1 saturated carbocycles. The zero-order chi connectivity index (χ0) is 28.7. The van der Waals surface area contributed by atoms with Crippen molar-refractivity contribution in [2.75, 3.05) is 14.1 Å². The Morgan fingerprint density at radius 2 is 1.84 bits per heavy atom. The van der Waals surface area contributed by atoms with E-state index < -0.39 is 18.9 Å². The Kier molecular flexibility index (Phi) is 5.47. The van der Waals surface area contributed by atoms with Crippen molar-refractivity contribution in [2.45, 2.75) is 31.5 Å². The summed E-state index contributed by atoms with van der Waals surface area (Å²) < 4.78 is 79.3. The van der Waals surface area contributed by atoms with Gasteiger partial charge in [0.05, 0.1) is 30.2 Å². The lowest BCUT2D eigenvalue weighted by Crippen LogP contribution is -2.05. The number of ether oxygens (including phenoxy) is 3. The first kappa shape index (κ1) is 20.9. The zero-order valence-electron chi connectivity index (χ0n) is 22.8.